The number of rotatable bonds is 6. The molecule has 0 aliphatic heterocycles. The van der Waals surface area contributed by atoms with E-state index in [1.54, 1.807) is 0 Å². The van der Waals surface area contributed by atoms with Crippen LogP contribution in [0.25, 0.3) is 4.85 Å². The molecule has 10 heteroatoms. The van der Waals surface area contributed by atoms with Crippen molar-refractivity contribution in [2.75, 3.05) is 7.11 Å². The van der Waals surface area contributed by atoms with Gasteiger partial charge < -0.3 is 15.0 Å². The number of aromatic nitrogens is 2. The molecule has 0 bridgehead atoms. The fraction of sp³-hybridized carbons (Fsp3) is 0.200. The van der Waals surface area contributed by atoms with E-state index < -0.39 is 28.5 Å². The van der Waals surface area contributed by atoms with E-state index in [2.05, 4.69) is 24.9 Å². The lowest BCUT2D eigenvalue weighted by atomic mass is 10.1. The number of benzene rings is 1. The molecule has 1 heterocycles. The molecule has 1 amide bonds. The maximum Gasteiger partial charge on any atom is 0.346 e. The Morgan fingerprint density at radius 1 is 1.52 bits per heavy atom. The number of carbonyl (C=O) groups excluding carboxylic acids is 2. The van der Waals surface area contributed by atoms with E-state index in [1.165, 1.54) is 31.8 Å². The van der Waals surface area contributed by atoms with Gasteiger partial charge in [-0.2, -0.15) is 0 Å². The third kappa shape index (κ3) is 4.17. The van der Waals surface area contributed by atoms with Crippen molar-refractivity contribution in [3.63, 3.8) is 0 Å². The van der Waals surface area contributed by atoms with Gasteiger partial charge in [0.05, 0.1) is 18.4 Å². The maximum atomic E-state index is 12.4. The number of hydrogen-bond donors (Lipinski definition) is 2. The summed E-state index contributed by atoms with van der Waals surface area (Å²) >= 11 is 0. The first-order valence-electron chi connectivity index (χ1n) is 7.01. The fourth-order valence-corrected chi connectivity index (χ4v) is 2.13. The minimum absolute atomic E-state index is 0.0857. The Kier molecular flexibility index (Phi) is 5.42. The molecule has 0 fully saturated rings. The van der Waals surface area contributed by atoms with Crippen molar-refractivity contribution in [2.24, 2.45) is 0 Å². The van der Waals surface area contributed by atoms with Crippen LogP contribution >= 0.6 is 0 Å². The van der Waals surface area contributed by atoms with Crippen LogP contribution in [0.3, 0.4) is 0 Å². The highest BCUT2D eigenvalue weighted by atomic mass is 16.6. The number of nitro groups is 1. The Labute approximate surface area is 141 Å². The van der Waals surface area contributed by atoms with Crippen molar-refractivity contribution in [2.45, 2.75) is 12.5 Å². The van der Waals surface area contributed by atoms with E-state index in [0.717, 1.165) is 6.07 Å². The summed E-state index contributed by atoms with van der Waals surface area (Å²) in [7, 11) is 1.18. The fourth-order valence-electron chi connectivity index (χ4n) is 2.13. The molecule has 2 rings (SSSR count). The first-order chi connectivity index (χ1) is 12.0. The van der Waals surface area contributed by atoms with Gasteiger partial charge in [0.25, 0.3) is 18.2 Å². The summed E-state index contributed by atoms with van der Waals surface area (Å²) in [6.07, 6.45) is 3.00. The highest BCUT2D eigenvalue weighted by Gasteiger charge is 2.28. The standard InChI is InChI=1S/C15H13N5O5/c1-16-9-3-4-11(13(6-9)20(23)24)14(21)19-12(15(22)25-2)5-10-7-17-8-18-10/h1,3-4,6-8,12H,5H2,2H3,(H-,17,18,19,21)/p+1/t12-/m1/s1. The number of carbonyl (C=O) groups is 2. The molecule has 0 radical (unpaired) electrons. The molecule has 0 spiro atoms. The lowest BCUT2D eigenvalue weighted by molar-refractivity contribution is -0.385. The first kappa shape index (κ1) is 17.6. The van der Waals surface area contributed by atoms with Crippen LogP contribution < -0.4 is 5.32 Å². The molecule has 1 aromatic heterocycles. The molecular weight excluding hydrogens is 330 g/mol. The van der Waals surface area contributed by atoms with Crippen molar-refractivity contribution in [1.29, 1.82) is 0 Å². The van der Waals surface area contributed by atoms with Crippen LogP contribution in [0.1, 0.15) is 16.1 Å². The molecule has 0 aliphatic rings. The van der Waals surface area contributed by atoms with Gasteiger partial charge in [0.15, 0.2) is 0 Å². The van der Waals surface area contributed by atoms with Gasteiger partial charge in [-0.05, 0) is 10.9 Å². The molecule has 1 atom stereocenters. The quantitative estimate of drug-likeness (QED) is 0.463. The number of esters is 1. The van der Waals surface area contributed by atoms with Gasteiger partial charge in [-0.15, -0.1) is 0 Å². The maximum absolute atomic E-state index is 12.4. The Hall–Kier alpha value is -3.74. The van der Waals surface area contributed by atoms with Crippen LogP contribution in [0.15, 0.2) is 30.7 Å². The minimum Gasteiger partial charge on any atom is -0.467 e. The monoisotopic (exact) mass is 344 g/mol. The molecular formula is C15H14N5O5+. The number of methoxy groups -OCH3 is 1. The van der Waals surface area contributed by atoms with E-state index >= 15 is 0 Å². The molecule has 0 saturated heterocycles. The van der Waals surface area contributed by atoms with Crippen LogP contribution in [0.2, 0.25) is 0 Å². The molecule has 0 saturated carbocycles. The predicted molar refractivity (Wildman–Crippen MR) is 86.6 cm³/mol. The number of nitro benzene ring substituents is 1. The van der Waals surface area contributed by atoms with Gasteiger partial charge in [0.2, 0.25) is 0 Å². The third-order valence-corrected chi connectivity index (χ3v) is 3.34. The molecule has 10 nitrogen and oxygen atoms in total. The summed E-state index contributed by atoms with van der Waals surface area (Å²) in [6, 6.07) is 2.58. The van der Waals surface area contributed by atoms with Crippen LogP contribution in [-0.2, 0) is 16.0 Å². The highest BCUT2D eigenvalue weighted by molar-refractivity contribution is 6.00. The van der Waals surface area contributed by atoms with Crippen molar-refractivity contribution in [3.05, 3.63) is 56.9 Å². The Morgan fingerprint density at radius 3 is 2.84 bits per heavy atom. The summed E-state index contributed by atoms with van der Waals surface area (Å²) < 4.78 is 4.66. The number of nitrogens with one attached hydrogen (secondary N) is 2. The topological polar surface area (TPSA) is 132 Å². The van der Waals surface area contributed by atoms with E-state index in [0.29, 0.717) is 5.69 Å². The van der Waals surface area contributed by atoms with Gasteiger partial charge in [-0.1, -0.05) is 0 Å². The van der Waals surface area contributed by atoms with Gasteiger partial charge in [0, 0.05) is 24.4 Å². The lowest BCUT2D eigenvalue weighted by Crippen LogP contribution is -2.43. The number of H-pyrrole nitrogens is 1. The Balaban J connectivity index is 2.27. The molecule has 25 heavy (non-hydrogen) atoms. The number of hydrogen-bond acceptors (Lipinski definition) is 6. The number of aromatic amines is 1. The van der Waals surface area contributed by atoms with E-state index in [-0.39, 0.29) is 17.7 Å². The molecule has 1 aromatic carbocycles. The molecule has 0 aliphatic carbocycles. The summed E-state index contributed by atoms with van der Waals surface area (Å²) in [4.78, 5) is 44.7. The smallest absolute Gasteiger partial charge is 0.346 e. The zero-order valence-corrected chi connectivity index (χ0v) is 13.1. The van der Waals surface area contributed by atoms with Gasteiger partial charge in [-0.3, -0.25) is 14.9 Å². The largest absolute Gasteiger partial charge is 0.467 e. The van der Waals surface area contributed by atoms with Gasteiger partial charge >= 0.3 is 11.7 Å². The number of ether oxygens (including phenoxy) is 1. The first-order valence-corrected chi connectivity index (χ1v) is 7.01. The lowest BCUT2D eigenvalue weighted by Gasteiger charge is -2.15. The zero-order chi connectivity index (χ0) is 18.4. The van der Waals surface area contributed by atoms with E-state index in [4.69, 9.17) is 6.57 Å². The molecule has 2 N–H and O–H groups in total. The van der Waals surface area contributed by atoms with E-state index in [1.807, 2.05) is 0 Å². The second-order valence-corrected chi connectivity index (χ2v) is 4.92. The van der Waals surface area contributed by atoms with Crippen LogP contribution in [0.4, 0.5) is 11.4 Å². The van der Waals surface area contributed by atoms with Crippen molar-refractivity contribution >= 4 is 23.3 Å². The highest BCUT2D eigenvalue weighted by Crippen LogP contribution is 2.25. The van der Waals surface area contributed by atoms with Crippen LogP contribution in [-0.4, -0.2) is 39.9 Å². The van der Waals surface area contributed by atoms with Crippen molar-refractivity contribution in [3.8, 4) is 6.57 Å². The molecule has 128 valence electrons. The number of imidazole rings is 1. The van der Waals surface area contributed by atoms with Crippen molar-refractivity contribution in [1.82, 2.24) is 15.3 Å². The summed E-state index contributed by atoms with van der Waals surface area (Å²) in [5.74, 6) is -1.50. The van der Waals surface area contributed by atoms with Gasteiger partial charge in [0.1, 0.15) is 17.7 Å². The predicted octanol–water partition coefficient (Wildman–Crippen LogP) is 1.43. The van der Waals surface area contributed by atoms with E-state index in [9.17, 15) is 19.7 Å². The van der Waals surface area contributed by atoms with Crippen LogP contribution in [0.5, 0.6) is 0 Å². The normalized spacial score (nSPS) is 11.2. The Morgan fingerprint density at radius 2 is 2.28 bits per heavy atom. The number of amides is 1. The van der Waals surface area contributed by atoms with Gasteiger partial charge in [-0.25, -0.2) is 9.78 Å². The Bertz CT molecular complexity index is 840. The van der Waals surface area contributed by atoms with Crippen molar-refractivity contribution < 1.29 is 19.2 Å². The molecule has 0 unspecified atom stereocenters. The SMILES string of the molecule is C#[N+]c1ccc(C(=O)N[C@H](Cc2cnc[nH]2)C(=O)OC)c([N+](=O)[O-])c1. The summed E-state index contributed by atoms with van der Waals surface area (Å²) in [6.45, 7) is 5.09. The average molecular weight is 344 g/mol. The second-order valence-electron chi connectivity index (χ2n) is 4.92. The molecule has 2 aromatic rings. The second kappa shape index (κ2) is 7.69. The number of nitrogens with zero attached hydrogens (tertiary/aromatic N) is 3. The average Bonchev–Trinajstić information content (AvgIpc) is 3.12. The third-order valence-electron chi connectivity index (χ3n) is 3.34. The zero-order valence-electron chi connectivity index (χ0n) is 13.1. The summed E-state index contributed by atoms with van der Waals surface area (Å²) in [5.41, 5.74) is 0.0259. The summed E-state index contributed by atoms with van der Waals surface area (Å²) in [5, 5.41) is 13.6. The minimum atomic E-state index is -1.04. The van der Waals surface area contributed by atoms with Crippen LogP contribution in [0, 0.1) is 16.7 Å².